The van der Waals surface area contributed by atoms with Gasteiger partial charge in [0.15, 0.2) is 0 Å². The number of carbonyl (C=O) groups excluding carboxylic acids is 2. The second-order valence-corrected chi connectivity index (χ2v) is 5.49. The highest BCUT2D eigenvalue weighted by molar-refractivity contribution is 6.21. The van der Waals surface area contributed by atoms with Crippen LogP contribution in [-0.2, 0) is 0 Å². The molecule has 1 aromatic rings. The Kier molecular flexibility index (Phi) is 6.81. The molecule has 2 heterocycles. The van der Waals surface area contributed by atoms with E-state index in [1.54, 1.807) is 24.3 Å². The van der Waals surface area contributed by atoms with Gasteiger partial charge in [0.25, 0.3) is 11.8 Å². The van der Waals surface area contributed by atoms with E-state index in [0.717, 1.165) is 32.5 Å². The van der Waals surface area contributed by atoms with Gasteiger partial charge in [0, 0.05) is 19.1 Å². The Morgan fingerprint density at radius 1 is 0.955 bits per heavy atom. The summed E-state index contributed by atoms with van der Waals surface area (Å²) in [5, 5.41) is 0. The molecule has 122 valence electrons. The minimum Gasteiger partial charge on any atom is -0.328 e. The Labute approximate surface area is 142 Å². The molecule has 0 bridgehead atoms. The van der Waals surface area contributed by atoms with Gasteiger partial charge < -0.3 is 10.6 Å². The number of hydrogen-bond acceptors (Lipinski definition) is 4. The monoisotopic (exact) mass is 345 g/mol. The van der Waals surface area contributed by atoms with Gasteiger partial charge in [-0.2, -0.15) is 0 Å². The van der Waals surface area contributed by atoms with Crippen molar-refractivity contribution in [2.75, 3.05) is 26.2 Å². The molecular formula is C15H21Cl2N3O2. The largest absolute Gasteiger partial charge is 0.328 e. The fourth-order valence-corrected chi connectivity index (χ4v) is 2.86. The molecular weight excluding hydrogens is 325 g/mol. The first-order valence-electron chi connectivity index (χ1n) is 7.10. The zero-order valence-corrected chi connectivity index (χ0v) is 13.9. The van der Waals surface area contributed by atoms with Gasteiger partial charge in [-0.1, -0.05) is 12.1 Å². The Balaban J connectivity index is 0.00000121. The lowest BCUT2D eigenvalue weighted by Gasteiger charge is -2.30. The summed E-state index contributed by atoms with van der Waals surface area (Å²) in [7, 11) is 0. The van der Waals surface area contributed by atoms with Gasteiger partial charge >= 0.3 is 0 Å². The van der Waals surface area contributed by atoms with E-state index in [1.807, 2.05) is 0 Å². The average molecular weight is 346 g/mol. The highest BCUT2D eigenvalue weighted by atomic mass is 35.5. The summed E-state index contributed by atoms with van der Waals surface area (Å²) in [5.41, 5.74) is 6.92. The van der Waals surface area contributed by atoms with Gasteiger partial charge in [-0.3, -0.25) is 14.5 Å². The first-order chi connectivity index (χ1) is 9.66. The van der Waals surface area contributed by atoms with Gasteiger partial charge in [0.2, 0.25) is 0 Å². The molecule has 0 aromatic heterocycles. The van der Waals surface area contributed by atoms with Gasteiger partial charge in [-0.25, -0.2) is 0 Å². The molecule has 1 fully saturated rings. The van der Waals surface area contributed by atoms with Crippen LogP contribution in [0.25, 0.3) is 0 Å². The van der Waals surface area contributed by atoms with Crippen LogP contribution in [0.3, 0.4) is 0 Å². The lowest BCUT2D eigenvalue weighted by molar-refractivity contribution is 0.0630. The predicted octanol–water partition coefficient (Wildman–Crippen LogP) is 1.55. The van der Waals surface area contributed by atoms with Crippen molar-refractivity contribution in [1.82, 2.24) is 9.80 Å². The summed E-state index contributed by atoms with van der Waals surface area (Å²) in [6, 6.07) is 7.31. The maximum atomic E-state index is 12.2. The van der Waals surface area contributed by atoms with Crippen molar-refractivity contribution in [3.05, 3.63) is 35.4 Å². The van der Waals surface area contributed by atoms with Crippen molar-refractivity contribution in [2.45, 2.75) is 18.9 Å². The minimum absolute atomic E-state index is 0. The molecule has 0 atom stereocenters. The van der Waals surface area contributed by atoms with E-state index in [0.29, 0.717) is 23.7 Å². The van der Waals surface area contributed by atoms with Crippen molar-refractivity contribution >= 4 is 36.6 Å². The quantitative estimate of drug-likeness (QED) is 0.844. The van der Waals surface area contributed by atoms with E-state index in [-0.39, 0.29) is 36.6 Å². The molecule has 1 saturated heterocycles. The number of nitrogens with two attached hydrogens (primary N) is 1. The van der Waals surface area contributed by atoms with Crippen LogP contribution in [-0.4, -0.2) is 53.8 Å². The SMILES string of the molecule is Cl.Cl.NC1CCN(CCN2C(=O)c3ccccc3C2=O)CC1. The molecule has 1 aromatic carbocycles. The highest BCUT2D eigenvalue weighted by Crippen LogP contribution is 2.22. The molecule has 0 aliphatic carbocycles. The van der Waals surface area contributed by atoms with E-state index in [9.17, 15) is 9.59 Å². The minimum atomic E-state index is -0.167. The van der Waals surface area contributed by atoms with Gasteiger partial charge in [-0.05, 0) is 38.1 Å². The Bertz CT molecular complexity index is 510. The van der Waals surface area contributed by atoms with Crippen LogP contribution >= 0.6 is 24.8 Å². The van der Waals surface area contributed by atoms with Crippen LogP contribution in [0.15, 0.2) is 24.3 Å². The summed E-state index contributed by atoms with van der Waals surface area (Å²) in [4.78, 5) is 28.0. The number of likely N-dealkylation sites (tertiary alicyclic amines) is 1. The van der Waals surface area contributed by atoms with Gasteiger partial charge in [0.05, 0.1) is 11.1 Å². The molecule has 0 spiro atoms. The Morgan fingerprint density at radius 3 is 1.95 bits per heavy atom. The molecule has 0 unspecified atom stereocenters. The highest BCUT2D eigenvalue weighted by Gasteiger charge is 2.35. The first-order valence-corrected chi connectivity index (χ1v) is 7.10. The van der Waals surface area contributed by atoms with Crippen molar-refractivity contribution in [3.63, 3.8) is 0 Å². The number of carbonyl (C=O) groups is 2. The van der Waals surface area contributed by atoms with Crippen LogP contribution in [0, 0.1) is 0 Å². The van der Waals surface area contributed by atoms with E-state index in [2.05, 4.69) is 4.90 Å². The number of fused-ring (bicyclic) bond motifs is 1. The normalized spacial score (nSPS) is 18.7. The predicted molar refractivity (Wildman–Crippen MR) is 90.0 cm³/mol. The van der Waals surface area contributed by atoms with Crippen molar-refractivity contribution in [2.24, 2.45) is 5.73 Å². The van der Waals surface area contributed by atoms with Crippen LogP contribution in [0.1, 0.15) is 33.6 Å². The number of hydrogen-bond donors (Lipinski definition) is 1. The molecule has 0 saturated carbocycles. The van der Waals surface area contributed by atoms with E-state index < -0.39 is 0 Å². The average Bonchev–Trinajstić information content (AvgIpc) is 2.71. The second-order valence-electron chi connectivity index (χ2n) is 5.49. The fraction of sp³-hybridized carbons (Fsp3) is 0.467. The number of amides is 2. The molecule has 5 nitrogen and oxygen atoms in total. The number of halogens is 2. The third-order valence-electron chi connectivity index (χ3n) is 4.15. The lowest BCUT2D eigenvalue weighted by atomic mass is 10.1. The molecule has 2 aliphatic rings. The summed E-state index contributed by atoms with van der Waals surface area (Å²) in [6.07, 6.45) is 1.98. The lowest BCUT2D eigenvalue weighted by Crippen LogP contribution is -2.44. The van der Waals surface area contributed by atoms with Crippen molar-refractivity contribution in [1.29, 1.82) is 0 Å². The number of imide groups is 1. The zero-order valence-electron chi connectivity index (χ0n) is 12.2. The summed E-state index contributed by atoms with van der Waals surface area (Å²) < 4.78 is 0. The third kappa shape index (κ3) is 3.60. The van der Waals surface area contributed by atoms with Crippen LogP contribution in [0.2, 0.25) is 0 Å². The van der Waals surface area contributed by atoms with E-state index >= 15 is 0 Å². The van der Waals surface area contributed by atoms with Crippen molar-refractivity contribution in [3.8, 4) is 0 Å². The summed E-state index contributed by atoms with van der Waals surface area (Å²) in [6.45, 7) is 3.09. The topological polar surface area (TPSA) is 66.6 Å². The third-order valence-corrected chi connectivity index (χ3v) is 4.15. The molecule has 22 heavy (non-hydrogen) atoms. The first kappa shape index (κ1) is 18.9. The van der Waals surface area contributed by atoms with E-state index in [1.165, 1.54) is 4.90 Å². The smallest absolute Gasteiger partial charge is 0.261 e. The molecule has 7 heteroatoms. The number of benzene rings is 1. The summed E-state index contributed by atoms with van der Waals surface area (Å²) >= 11 is 0. The van der Waals surface area contributed by atoms with Crippen LogP contribution in [0.5, 0.6) is 0 Å². The fourth-order valence-electron chi connectivity index (χ4n) is 2.86. The van der Waals surface area contributed by atoms with Crippen LogP contribution < -0.4 is 5.73 Å². The maximum absolute atomic E-state index is 12.2. The van der Waals surface area contributed by atoms with E-state index in [4.69, 9.17) is 5.73 Å². The van der Waals surface area contributed by atoms with Gasteiger partial charge in [-0.15, -0.1) is 24.8 Å². The molecule has 2 N–H and O–H groups in total. The molecule has 2 amide bonds. The Hall–Kier alpha value is -1.14. The standard InChI is InChI=1S/C15H19N3O2.2ClH/c16-11-5-7-17(8-6-11)9-10-18-14(19)12-3-1-2-4-13(12)15(18)20;;/h1-4,11H,5-10,16H2;2*1H. The number of nitrogens with zero attached hydrogens (tertiary/aromatic N) is 2. The maximum Gasteiger partial charge on any atom is 0.261 e. The van der Waals surface area contributed by atoms with Crippen LogP contribution in [0.4, 0.5) is 0 Å². The zero-order chi connectivity index (χ0) is 14.1. The number of piperidine rings is 1. The molecule has 2 aliphatic heterocycles. The van der Waals surface area contributed by atoms with Crippen molar-refractivity contribution < 1.29 is 9.59 Å². The summed E-state index contributed by atoms with van der Waals surface area (Å²) in [5.74, 6) is -0.335. The molecule has 3 rings (SSSR count). The van der Waals surface area contributed by atoms with Gasteiger partial charge in [0.1, 0.15) is 0 Å². The Morgan fingerprint density at radius 2 is 1.45 bits per heavy atom. The number of rotatable bonds is 3. The molecule has 0 radical (unpaired) electrons. The second kappa shape index (κ2) is 7.92.